The topological polar surface area (TPSA) is 116 Å². The monoisotopic (exact) mass is 695 g/mol. The summed E-state index contributed by atoms with van der Waals surface area (Å²) in [5.74, 6) is 0.0231. The van der Waals surface area contributed by atoms with Crippen LogP contribution in [0.1, 0.15) is 44.2 Å². The van der Waals surface area contributed by atoms with Gasteiger partial charge in [0.2, 0.25) is 5.13 Å². The van der Waals surface area contributed by atoms with Crippen LogP contribution in [-0.2, 0) is 11.3 Å². The number of nitrogens with zero attached hydrogens (tertiary/aromatic N) is 4. The molecule has 0 saturated heterocycles. The Morgan fingerprint density at radius 3 is 2.37 bits per heavy atom. The fourth-order valence-electron chi connectivity index (χ4n) is 6.60. The zero-order valence-corrected chi connectivity index (χ0v) is 28.8. The normalized spacial score (nSPS) is 13.1. The van der Waals surface area contributed by atoms with Gasteiger partial charge in [-0.25, -0.2) is 4.79 Å². The van der Waals surface area contributed by atoms with Gasteiger partial charge in [-0.05, 0) is 65.1 Å². The second kappa shape index (κ2) is 13.7. The molecule has 0 unspecified atom stereocenters. The highest BCUT2D eigenvalue weighted by Crippen LogP contribution is 2.45. The molecule has 0 saturated carbocycles. The molecule has 0 fully saturated rings. The van der Waals surface area contributed by atoms with E-state index in [4.69, 9.17) is 14.2 Å². The van der Waals surface area contributed by atoms with Crippen molar-refractivity contribution in [1.29, 1.82) is 0 Å². The summed E-state index contributed by atoms with van der Waals surface area (Å²) in [5, 5.41) is 11.7. The van der Waals surface area contributed by atoms with E-state index in [1.165, 1.54) is 16.7 Å². The van der Waals surface area contributed by atoms with Crippen LogP contribution in [-0.4, -0.2) is 46.9 Å². The van der Waals surface area contributed by atoms with Crippen molar-refractivity contribution in [3.8, 4) is 33.2 Å². The number of benzene rings is 4. The lowest BCUT2D eigenvalue weighted by Gasteiger charge is -2.30. The minimum absolute atomic E-state index is 0.0585. The molecule has 4 aromatic carbocycles. The number of anilines is 2. The molecule has 0 atom stereocenters. The van der Waals surface area contributed by atoms with Gasteiger partial charge >= 0.3 is 6.09 Å². The van der Waals surface area contributed by atoms with Crippen LogP contribution in [0, 0.1) is 13.8 Å². The second-order valence-electron chi connectivity index (χ2n) is 12.4. The highest BCUT2D eigenvalue weighted by Gasteiger charge is 2.32. The van der Waals surface area contributed by atoms with E-state index in [0.29, 0.717) is 57.3 Å². The molecule has 11 heteroatoms. The van der Waals surface area contributed by atoms with E-state index in [9.17, 15) is 9.59 Å². The van der Waals surface area contributed by atoms with Crippen LogP contribution in [0.15, 0.2) is 103 Å². The molecule has 6 aromatic rings. The molecule has 0 spiro atoms. The van der Waals surface area contributed by atoms with Crippen LogP contribution in [0.3, 0.4) is 0 Å². The van der Waals surface area contributed by atoms with Crippen molar-refractivity contribution >= 4 is 34.2 Å². The summed E-state index contributed by atoms with van der Waals surface area (Å²) in [4.78, 5) is 33.5. The number of pyridine rings is 1. The number of amides is 2. The van der Waals surface area contributed by atoms with E-state index < -0.39 is 12.0 Å². The average Bonchev–Trinajstić information content (AvgIpc) is 3.74. The van der Waals surface area contributed by atoms with Crippen LogP contribution >= 0.6 is 11.3 Å². The quantitative estimate of drug-likeness (QED) is 0.170. The largest absolute Gasteiger partial charge is 0.489 e. The van der Waals surface area contributed by atoms with Gasteiger partial charge in [-0.1, -0.05) is 95.6 Å². The van der Waals surface area contributed by atoms with Crippen LogP contribution in [0.5, 0.6) is 10.9 Å². The maximum atomic E-state index is 13.7. The minimum atomic E-state index is -0.463. The maximum Gasteiger partial charge on any atom is 0.414 e. The van der Waals surface area contributed by atoms with E-state index >= 15 is 0 Å². The van der Waals surface area contributed by atoms with E-state index in [0.717, 1.165) is 28.0 Å². The Labute approximate surface area is 298 Å². The summed E-state index contributed by atoms with van der Waals surface area (Å²) < 4.78 is 18.0. The molecule has 1 aliphatic heterocycles. The van der Waals surface area contributed by atoms with Crippen LogP contribution in [0.4, 0.5) is 15.6 Å². The number of nitrogens with one attached hydrogen (secondary N) is 1. The molecule has 51 heavy (non-hydrogen) atoms. The van der Waals surface area contributed by atoms with Crippen molar-refractivity contribution in [3.63, 3.8) is 0 Å². The summed E-state index contributed by atoms with van der Waals surface area (Å²) >= 11 is 1.14. The van der Waals surface area contributed by atoms with Crippen molar-refractivity contribution in [2.75, 3.05) is 30.0 Å². The van der Waals surface area contributed by atoms with Crippen LogP contribution < -0.4 is 19.7 Å². The van der Waals surface area contributed by atoms with Gasteiger partial charge in [0.1, 0.15) is 19.8 Å². The molecule has 2 aliphatic rings. The van der Waals surface area contributed by atoms with Crippen molar-refractivity contribution in [2.45, 2.75) is 26.4 Å². The van der Waals surface area contributed by atoms with Crippen LogP contribution in [0.25, 0.3) is 22.3 Å². The van der Waals surface area contributed by atoms with Crippen molar-refractivity contribution in [1.82, 2.24) is 15.2 Å². The number of hydrogen-bond acceptors (Lipinski definition) is 9. The number of fused-ring (bicyclic) bond motifs is 4. The molecule has 1 aliphatic carbocycles. The van der Waals surface area contributed by atoms with E-state index in [1.807, 2.05) is 80.6 Å². The van der Waals surface area contributed by atoms with Gasteiger partial charge in [-0.15, -0.1) is 5.10 Å². The Morgan fingerprint density at radius 2 is 1.61 bits per heavy atom. The van der Waals surface area contributed by atoms with Gasteiger partial charge in [0, 0.05) is 28.9 Å². The first-order chi connectivity index (χ1) is 24.9. The number of hydrogen-bond donors (Lipinski definition) is 1. The van der Waals surface area contributed by atoms with E-state index in [-0.39, 0.29) is 19.1 Å². The molecule has 8 rings (SSSR count). The highest BCUT2D eigenvalue weighted by molar-refractivity contribution is 7.17. The Kier molecular flexibility index (Phi) is 8.62. The lowest BCUT2D eigenvalue weighted by molar-refractivity contribution is 0.102. The van der Waals surface area contributed by atoms with Gasteiger partial charge in [-0.2, -0.15) is 0 Å². The zero-order valence-electron chi connectivity index (χ0n) is 28.0. The van der Waals surface area contributed by atoms with Gasteiger partial charge in [0.15, 0.2) is 5.75 Å². The summed E-state index contributed by atoms with van der Waals surface area (Å²) in [6.07, 6.45) is 1.18. The van der Waals surface area contributed by atoms with E-state index in [1.54, 1.807) is 17.2 Å². The average molecular weight is 696 g/mol. The molecule has 1 N–H and O–H groups in total. The number of carbonyl (C=O) groups is 2. The number of carbonyl (C=O) groups excluding carboxylic acids is 2. The molecule has 3 heterocycles. The Hall–Kier alpha value is -6.07. The number of para-hydroxylation sites is 1. The minimum Gasteiger partial charge on any atom is -0.489 e. The molecular weight excluding hydrogens is 663 g/mol. The SMILES string of the molecule is Cc1ccc(COc2nnc(NC(=O)c3cc(C)ncc3-c3cccc4c3OCCN4C(=O)OCC3c4ccccc4-c4ccccc43)s2)cc1. The predicted molar refractivity (Wildman–Crippen MR) is 196 cm³/mol. The number of aryl methyl sites for hydroxylation is 2. The number of ether oxygens (including phenoxy) is 3. The van der Waals surface area contributed by atoms with Gasteiger partial charge < -0.3 is 14.2 Å². The second-order valence-corrected chi connectivity index (χ2v) is 13.4. The first-order valence-corrected chi connectivity index (χ1v) is 17.4. The molecule has 254 valence electrons. The lowest BCUT2D eigenvalue weighted by atomic mass is 9.98. The molecule has 2 amide bonds. The first-order valence-electron chi connectivity index (χ1n) is 16.6. The molecule has 10 nitrogen and oxygen atoms in total. The smallest absolute Gasteiger partial charge is 0.414 e. The molecule has 0 radical (unpaired) electrons. The summed E-state index contributed by atoms with van der Waals surface area (Å²) in [6, 6.07) is 31.7. The summed E-state index contributed by atoms with van der Waals surface area (Å²) in [5.41, 5.74) is 9.56. The molecule has 0 bridgehead atoms. The zero-order chi connectivity index (χ0) is 34.9. The Balaban J connectivity index is 1.00. The Morgan fingerprint density at radius 1 is 0.882 bits per heavy atom. The Bertz CT molecular complexity index is 2230. The third-order valence-corrected chi connectivity index (χ3v) is 9.84. The number of aromatic nitrogens is 3. The summed E-state index contributed by atoms with van der Waals surface area (Å²) in [6.45, 7) is 4.96. The van der Waals surface area contributed by atoms with Gasteiger partial charge in [0.25, 0.3) is 11.1 Å². The van der Waals surface area contributed by atoms with Crippen LogP contribution in [0.2, 0.25) is 0 Å². The van der Waals surface area contributed by atoms with Gasteiger partial charge in [-0.3, -0.25) is 20.0 Å². The molecule has 2 aromatic heterocycles. The standard InChI is InChI=1S/C40H33N5O5S/c1-24-14-16-26(17-15-24)22-49-39-44-43-38(51-39)42-37(46)32-20-25(2)41-21-33(32)31-12-7-13-35-36(31)48-19-18-45(35)40(47)50-23-34-29-10-5-3-8-27(29)28-9-4-6-11-30(28)34/h3-17,20-21,34H,18-19,22-23H2,1-2H3,(H,42,43,46). The maximum absolute atomic E-state index is 13.7. The first kappa shape index (κ1) is 32.2. The molecular formula is C40H33N5O5S. The van der Waals surface area contributed by atoms with E-state index in [2.05, 4.69) is 44.8 Å². The van der Waals surface area contributed by atoms with Crippen molar-refractivity contribution in [3.05, 3.63) is 137 Å². The highest BCUT2D eigenvalue weighted by atomic mass is 32.1. The summed E-state index contributed by atoms with van der Waals surface area (Å²) in [7, 11) is 0. The van der Waals surface area contributed by atoms with Crippen molar-refractivity contribution < 1.29 is 23.8 Å². The third kappa shape index (κ3) is 6.39. The number of rotatable bonds is 8. The predicted octanol–water partition coefficient (Wildman–Crippen LogP) is 8.20. The van der Waals surface area contributed by atoms with Crippen molar-refractivity contribution in [2.24, 2.45) is 0 Å². The lowest BCUT2D eigenvalue weighted by Crippen LogP contribution is -2.39. The fourth-order valence-corrected chi connectivity index (χ4v) is 7.19. The fraction of sp³-hybridized carbons (Fsp3) is 0.175. The van der Waals surface area contributed by atoms with Gasteiger partial charge in [0.05, 0.1) is 17.8 Å². The third-order valence-electron chi connectivity index (χ3n) is 9.09.